The van der Waals surface area contributed by atoms with Crippen molar-refractivity contribution in [2.45, 2.75) is 67.7 Å². The van der Waals surface area contributed by atoms with Gasteiger partial charge in [0.05, 0.1) is 0 Å². The van der Waals surface area contributed by atoms with Gasteiger partial charge < -0.3 is 10.6 Å². The molecular weight excluding hydrogens is 376 g/mol. The highest BCUT2D eigenvalue weighted by Crippen LogP contribution is 2.52. The van der Waals surface area contributed by atoms with E-state index in [0.717, 1.165) is 30.1 Å². The Morgan fingerprint density at radius 2 is 1.87 bits per heavy atom. The molecule has 168 valence electrons. The average Bonchev–Trinajstić information content (AvgIpc) is 3.24. The fourth-order valence-corrected chi connectivity index (χ4v) is 4.96. The largest absolute Gasteiger partial charge is 0.388 e. The van der Waals surface area contributed by atoms with Crippen LogP contribution in [0.3, 0.4) is 0 Å². The Morgan fingerprint density at radius 1 is 1.19 bits per heavy atom. The van der Waals surface area contributed by atoms with Gasteiger partial charge in [0.15, 0.2) is 0 Å². The molecule has 0 bridgehead atoms. The lowest BCUT2D eigenvalue weighted by molar-refractivity contribution is 0.268. The van der Waals surface area contributed by atoms with Crippen molar-refractivity contribution in [3.05, 3.63) is 76.7 Å². The van der Waals surface area contributed by atoms with E-state index < -0.39 is 0 Å². The van der Waals surface area contributed by atoms with E-state index in [4.69, 9.17) is 0 Å². The lowest BCUT2D eigenvalue weighted by Gasteiger charge is -2.30. The Hall–Kier alpha value is -2.22. The van der Waals surface area contributed by atoms with Crippen LogP contribution >= 0.6 is 0 Å². The van der Waals surface area contributed by atoms with Gasteiger partial charge in [-0.05, 0) is 61.2 Å². The molecule has 0 aliphatic heterocycles. The number of aryl methyl sites for hydroxylation is 1. The highest BCUT2D eigenvalue weighted by molar-refractivity contribution is 5.64. The van der Waals surface area contributed by atoms with E-state index in [-0.39, 0.29) is 5.41 Å². The molecule has 0 amide bonds. The van der Waals surface area contributed by atoms with Crippen LogP contribution in [0, 0.1) is 30.1 Å². The summed E-state index contributed by atoms with van der Waals surface area (Å²) < 4.78 is 0. The van der Waals surface area contributed by atoms with Crippen LogP contribution < -0.4 is 10.6 Å². The van der Waals surface area contributed by atoms with Crippen LogP contribution in [0.25, 0.3) is 5.70 Å². The first-order chi connectivity index (χ1) is 14.6. The van der Waals surface area contributed by atoms with Gasteiger partial charge in [0, 0.05) is 36.0 Å². The summed E-state index contributed by atoms with van der Waals surface area (Å²) in [5, 5.41) is 7.42. The molecule has 1 aromatic rings. The lowest BCUT2D eigenvalue weighted by atomic mass is 9.76. The molecule has 0 spiro atoms. The monoisotopic (exact) mass is 418 g/mol. The molecule has 2 nitrogen and oxygen atoms in total. The smallest absolute Gasteiger partial charge is 0.0382 e. The third-order valence-corrected chi connectivity index (χ3v) is 6.84. The molecule has 1 aromatic carbocycles. The molecule has 0 heterocycles. The van der Waals surface area contributed by atoms with Gasteiger partial charge in [-0.1, -0.05) is 82.7 Å². The molecule has 31 heavy (non-hydrogen) atoms. The molecule has 2 heteroatoms. The number of rotatable bonds is 8. The summed E-state index contributed by atoms with van der Waals surface area (Å²) in [6.07, 6.45) is 8.15. The SMILES string of the molecule is C=C(NC1=CC2=C(C1)C(/C(=C\C)NCCC(C)C)CC2C(C)(C)C)c1ccc(C)cc1. The number of benzene rings is 1. The molecule has 0 aromatic heterocycles. The van der Waals surface area contributed by atoms with Crippen molar-refractivity contribution in [1.82, 2.24) is 10.6 Å². The van der Waals surface area contributed by atoms with Gasteiger partial charge in [-0.2, -0.15) is 0 Å². The van der Waals surface area contributed by atoms with Gasteiger partial charge in [0.2, 0.25) is 0 Å². The molecule has 2 unspecified atom stereocenters. The van der Waals surface area contributed by atoms with Gasteiger partial charge in [-0.25, -0.2) is 0 Å². The molecule has 2 atom stereocenters. The van der Waals surface area contributed by atoms with Crippen molar-refractivity contribution >= 4 is 5.70 Å². The van der Waals surface area contributed by atoms with E-state index in [1.807, 2.05) is 0 Å². The Bertz CT molecular complexity index is 888. The number of hydrogen-bond acceptors (Lipinski definition) is 2. The van der Waals surface area contributed by atoms with Crippen LogP contribution in [-0.2, 0) is 0 Å². The summed E-state index contributed by atoms with van der Waals surface area (Å²) in [5.74, 6) is 1.81. The predicted octanol–water partition coefficient (Wildman–Crippen LogP) is 7.36. The second-order valence-corrected chi connectivity index (χ2v) is 10.9. The quantitative estimate of drug-likeness (QED) is 0.461. The normalized spacial score (nSPS) is 21.4. The fraction of sp³-hybridized carbons (Fsp3) is 0.517. The van der Waals surface area contributed by atoms with Crippen molar-refractivity contribution in [3.8, 4) is 0 Å². The zero-order valence-electron chi connectivity index (χ0n) is 20.7. The topological polar surface area (TPSA) is 24.1 Å². The van der Waals surface area contributed by atoms with Crippen molar-refractivity contribution in [2.24, 2.45) is 23.2 Å². The zero-order valence-corrected chi connectivity index (χ0v) is 20.7. The fourth-order valence-electron chi connectivity index (χ4n) is 4.96. The number of allylic oxidation sites excluding steroid dienone is 5. The Labute approximate surface area is 190 Å². The zero-order chi connectivity index (χ0) is 22.8. The van der Waals surface area contributed by atoms with Crippen LogP contribution in [-0.4, -0.2) is 6.54 Å². The summed E-state index contributed by atoms with van der Waals surface area (Å²) >= 11 is 0. The van der Waals surface area contributed by atoms with Gasteiger partial charge in [-0.15, -0.1) is 0 Å². The summed E-state index contributed by atoms with van der Waals surface area (Å²) in [6.45, 7) is 21.4. The number of nitrogens with one attached hydrogen (secondary N) is 2. The minimum Gasteiger partial charge on any atom is -0.388 e. The van der Waals surface area contributed by atoms with Crippen molar-refractivity contribution in [1.29, 1.82) is 0 Å². The standard InChI is InChI=1S/C29H42N2/c1-9-28(30-15-14-19(2)3)26-18-27(29(6,7)8)25-17-23(16-24(25)26)31-21(5)22-12-10-20(4)11-13-22/h9-13,17,19,26-27,30-31H,5,14-16,18H2,1-4,6-8H3/b28-9+. The molecule has 3 rings (SSSR count). The summed E-state index contributed by atoms with van der Waals surface area (Å²) in [6, 6.07) is 8.60. The van der Waals surface area contributed by atoms with Crippen LogP contribution in [0.5, 0.6) is 0 Å². The van der Waals surface area contributed by atoms with Crippen molar-refractivity contribution in [2.75, 3.05) is 6.54 Å². The molecule has 2 aliphatic carbocycles. The first-order valence-electron chi connectivity index (χ1n) is 12.0. The maximum Gasteiger partial charge on any atom is 0.0382 e. The third kappa shape index (κ3) is 5.53. The maximum absolute atomic E-state index is 4.31. The maximum atomic E-state index is 4.31. The molecule has 2 N–H and O–H groups in total. The van der Waals surface area contributed by atoms with Crippen LogP contribution in [0.15, 0.2) is 65.5 Å². The lowest BCUT2D eigenvalue weighted by Crippen LogP contribution is -2.25. The van der Waals surface area contributed by atoms with Crippen molar-refractivity contribution in [3.63, 3.8) is 0 Å². The summed E-state index contributed by atoms with van der Waals surface area (Å²) in [7, 11) is 0. The van der Waals surface area contributed by atoms with Crippen LogP contribution in [0.1, 0.15) is 71.9 Å². The molecule has 2 aliphatic rings. The molecule has 0 saturated heterocycles. The summed E-state index contributed by atoms with van der Waals surface area (Å²) in [5.41, 5.74) is 9.53. The summed E-state index contributed by atoms with van der Waals surface area (Å²) in [4.78, 5) is 0. The highest BCUT2D eigenvalue weighted by Gasteiger charge is 2.42. The van der Waals surface area contributed by atoms with Gasteiger partial charge in [-0.3, -0.25) is 0 Å². The van der Waals surface area contributed by atoms with Crippen LogP contribution in [0.4, 0.5) is 0 Å². The second kappa shape index (κ2) is 9.51. The molecule has 0 saturated carbocycles. The average molecular weight is 419 g/mol. The molecule has 0 radical (unpaired) electrons. The second-order valence-electron chi connectivity index (χ2n) is 10.9. The third-order valence-electron chi connectivity index (χ3n) is 6.84. The van der Waals surface area contributed by atoms with Gasteiger partial charge in [0.1, 0.15) is 0 Å². The first-order valence-corrected chi connectivity index (χ1v) is 12.0. The van der Waals surface area contributed by atoms with E-state index >= 15 is 0 Å². The van der Waals surface area contributed by atoms with E-state index in [1.54, 1.807) is 11.1 Å². The Balaban J connectivity index is 1.77. The van der Waals surface area contributed by atoms with E-state index in [1.165, 1.54) is 29.8 Å². The minimum absolute atomic E-state index is 0.256. The molecular formula is C29H42N2. The Kier molecular flexibility index (Phi) is 7.19. The highest BCUT2D eigenvalue weighted by atomic mass is 14.9. The minimum atomic E-state index is 0.256. The van der Waals surface area contributed by atoms with Crippen LogP contribution in [0.2, 0.25) is 0 Å². The Morgan fingerprint density at radius 3 is 2.45 bits per heavy atom. The van der Waals surface area contributed by atoms with Gasteiger partial charge in [0.25, 0.3) is 0 Å². The van der Waals surface area contributed by atoms with E-state index in [2.05, 4.69) is 102 Å². The molecule has 0 fully saturated rings. The van der Waals surface area contributed by atoms with Crippen molar-refractivity contribution < 1.29 is 0 Å². The number of hydrogen-bond donors (Lipinski definition) is 2. The van der Waals surface area contributed by atoms with E-state index in [0.29, 0.717) is 11.8 Å². The first kappa shape index (κ1) is 23.4. The van der Waals surface area contributed by atoms with Gasteiger partial charge >= 0.3 is 0 Å². The van der Waals surface area contributed by atoms with E-state index in [9.17, 15) is 0 Å². The predicted molar refractivity (Wildman–Crippen MR) is 135 cm³/mol.